The Bertz CT molecular complexity index is 828. The zero-order valence-electron chi connectivity index (χ0n) is 18.1. The van der Waals surface area contributed by atoms with Crippen LogP contribution in [-0.2, 0) is 16.1 Å². The minimum absolute atomic E-state index is 0.111. The number of amides is 2. The van der Waals surface area contributed by atoms with Crippen molar-refractivity contribution in [2.45, 2.75) is 53.6 Å². The number of aryl methyl sites for hydroxylation is 3. The number of hydrogen-bond acceptors (Lipinski definition) is 3. The van der Waals surface area contributed by atoms with Crippen molar-refractivity contribution in [3.8, 4) is 5.75 Å². The lowest BCUT2D eigenvalue weighted by molar-refractivity contribution is -0.142. The van der Waals surface area contributed by atoms with Gasteiger partial charge in [0.05, 0.1) is 0 Å². The third-order valence-corrected chi connectivity index (χ3v) is 4.71. The van der Waals surface area contributed by atoms with Crippen molar-refractivity contribution in [3.05, 3.63) is 64.7 Å². The van der Waals surface area contributed by atoms with Crippen LogP contribution in [0.25, 0.3) is 0 Å². The van der Waals surface area contributed by atoms with E-state index in [4.69, 9.17) is 4.74 Å². The summed E-state index contributed by atoms with van der Waals surface area (Å²) in [5, 5.41) is 2.88. The van der Waals surface area contributed by atoms with Gasteiger partial charge in [-0.05, 0) is 62.9 Å². The number of rotatable bonds is 9. The molecule has 0 bridgehead atoms. The first-order valence-corrected chi connectivity index (χ1v) is 10.1. The summed E-state index contributed by atoms with van der Waals surface area (Å²) < 4.78 is 5.76. The molecule has 0 saturated heterocycles. The summed E-state index contributed by atoms with van der Waals surface area (Å²) in [6.07, 6.45) is 0.847. The Morgan fingerprint density at radius 3 is 2.34 bits per heavy atom. The molecule has 0 heterocycles. The number of hydrogen-bond donors (Lipinski definition) is 1. The first kappa shape index (κ1) is 22.5. The molecule has 1 N–H and O–H groups in total. The highest BCUT2D eigenvalue weighted by molar-refractivity contribution is 5.87. The normalized spacial score (nSPS) is 11.6. The van der Waals surface area contributed by atoms with Gasteiger partial charge in [0.15, 0.2) is 6.61 Å². The van der Waals surface area contributed by atoms with Crippen molar-refractivity contribution in [3.63, 3.8) is 0 Å². The fourth-order valence-corrected chi connectivity index (χ4v) is 3.23. The highest BCUT2D eigenvalue weighted by Crippen LogP contribution is 2.17. The van der Waals surface area contributed by atoms with Crippen LogP contribution in [-0.4, -0.2) is 35.9 Å². The SMILES string of the molecule is CCCNC(=O)C(C)N(Cc1cccc(C)c1)C(=O)COc1cc(C)cc(C)c1. The van der Waals surface area contributed by atoms with Crippen molar-refractivity contribution >= 4 is 11.8 Å². The minimum Gasteiger partial charge on any atom is -0.484 e. The van der Waals surface area contributed by atoms with Crippen LogP contribution >= 0.6 is 0 Å². The molecule has 156 valence electrons. The summed E-state index contributed by atoms with van der Waals surface area (Å²) >= 11 is 0. The van der Waals surface area contributed by atoms with E-state index in [0.29, 0.717) is 18.8 Å². The van der Waals surface area contributed by atoms with Crippen LogP contribution in [0.2, 0.25) is 0 Å². The van der Waals surface area contributed by atoms with Gasteiger partial charge in [0, 0.05) is 13.1 Å². The van der Waals surface area contributed by atoms with E-state index in [1.165, 1.54) is 0 Å². The van der Waals surface area contributed by atoms with Crippen molar-refractivity contribution in [2.75, 3.05) is 13.2 Å². The largest absolute Gasteiger partial charge is 0.484 e. The molecule has 2 rings (SSSR count). The van der Waals surface area contributed by atoms with Gasteiger partial charge in [-0.1, -0.05) is 42.8 Å². The first-order valence-electron chi connectivity index (χ1n) is 10.1. The molecular weight excluding hydrogens is 364 g/mol. The summed E-state index contributed by atoms with van der Waals surface area (Å²) in [5.74, 6) is 0.290. The summed E-state index contributed by atoms with van der Waals surface area (Å²) in [6.45, 7) is 10.6. The van der Waals surface area contributed by atoms with E-state index in [-0.39, 0.29) is 18.4 Å². The van der Waals surface area contributed by atoms with Crippen molar-refractivity contribution in [1.82, 2.24) is 10.2 Å². The van der Waals surface area contributed by atoms with Crippen LogP contribution in [0.15, 0.2) is 42.5 Å². The molecule has 1 unspecified atom stereocenters. The quantitative estimate of drug-likeness (QED) is 0.699. The average Bonchev–Trinajstić information content (AvgIpc) is 2.67. The van der Waals surface area contributed by atoms with Gasteiger partial charge in [0.1, 0.15) is 11.8 Å². The van der Waals surface area contributed by atoms with Gasteiger partial charge in [-0.2, -0.15) is 0 Å². The van der Waals surface area contributed by atoms with E-state index in [2.05, 4.69) is 11.4 Å². The number of benzene rings is 2. The second-order valence-corrected chi connectivity index (χ2v) is 7.59. The zero-order chi connectivity index (χ0) is 21.4. The van der Waals surface area contributed by atoms with Crippen LogP contribution in [0.1, 0.15) is 42.5 Å². The number of carbonyl (C=O) groups excluding carboxylic acids is 2. The monoisotopic (exact) mass is 396 g/mol. The van der Waals surface area contributed by atoms with Crippen molar-refractivity contribution in [1.29, 1.82) is 0 Å². The van der Waals surface area contributed by atoms with Crippen LogP contribution in [0.3, 0.4) is 0 Å². The average molecular weight is 397 g/mol. The maximum Gasteiger partial charge on any atom is 0.261 e. The van der Waals surface area contributed by atoms with Crippen LogP contribution in [0.4, 0.5) is 0 Å². The molecule has 0 aliphatic rings. The Morgan fingerprint density at radius 1 is 1.03 bits per heavy atom. The van der Waals surface area contributed by atoms with E-state index in [0.717, 1.165) is 28.7 Å². The molecule has 29 heavy (non-hydrogen) atoms. The van der Waals surface area contributed by atoms with Gasteiger partial charge in [-0.25, -0.2) is 0 Å². The molecule has 1 atom stereocenters. The first-order chi connectivity index (χ1) is 13.8. The summed E-state index contributed by atoms with van der Waals surface area (Å²) in [4.78, 5) is 27.1. The lowest BCUT2D eigenvalue weighted by Gasteiger charge is -2.29. The number of nitrogens with zero attached hydrogens (tertiary/aromatic N) is 1. The maximum atomic E-state index is 13.0. The Hall–Kier alpha value is -2.82. The van der Waals surface area contributed by atoms with E-state index < -0.39 is 6.04 Å². The molecule has 0 aromatic heterocycles. The van der Waals surface area contributed by atoms with Crippen LogP contribution in [0, 0.1) is 20.8 Å². The van der Waals surface area contributed by atoms with Crippen molar-refractivity contribution < 1.29 is 14.3 Å². The molecular formula is C24H32N2O3. The van der Waals surface area contributed by atoms with E-state index in [9.17, 15) is 9.59 Å². The predicted octanol–water partition coefficient (Wildman–Crippen LogP) is 3.93. The standard InChI is InChI=1S/C24H32N2O3/c1-6-10-25-24(28)20(5)26(15-21-9-7-8-17(2)12-21)23(27)16-29-22-13-18(3)11-19(4)14-22/h7-9,11-14,20H,6,10,15-16H2,1-5H3,(H,25,28). The molecule has 5 heteroatoms. The number of carbonyl (C=O) groups is 2. The predicted molar refractivity (Wildman–Crippen MR) is 116 cm³/mol. The van der Waals surface area contributed by atoms with Crippen LogP contribution in [0.5, 0.6) is 5.75 Å². The molecule has 5 nitrogen and oxygen atoms in total. The van der Waals surface area contributed by atoms with E-state index in [1.807, 2.05) is 64.1 Å². The molecule has 0 spiro atoms. The molecule has 0 fully saturated rings. The highest BCUT2D eigenvalue weighted by atomic mass is 16.5. The van der Waals surface area contributed by atoms with Gasteiger partial charge in [-0.3, -0.25) is 9.59 Å². The molecule has 0 aliphatic heterocycles. The third kappa shape index (κ3) is 6.93. The Kier molecular flexibility index (Phi) is 8.25. The molecule has 2 amide bonds. The third-order valence-electron chi connectivity index (χ3n) is 4.71. The van der Waals surface area contributed by atoms with Gasteiger partial charge < -0.3 is 15.0 Å². The lowest BCUT2D eigenvalue weighted by Crippen LogP contribution is -2.49. The highest BCUT2D eigenvalue weighted by Gasteiger charge is 2.26. The van der Waals surface area contributed by atoms with Gasteiger partial charge in [-0.15, -0.1) is 0 Å². The fourth-order valence-electron chi connectivity index (χ4n) is 3.23. The fraction of sp³-hybridized carbons (Fsp3) is 0.417. The molecule has 0 saturated carbocycles. The van der Waals surface area contributed by atoms with Gasteiger partial charge in [0.25, 0.3) is 5.91 Å². The number of nitrogens with one attached hydrogen (secondary N) is 1. The smallest absolute Gasteiger partial charge is 0.261 e. The topological polar surface area (TPSA) is 58.6 Å². The number of ether oxygens (including phenoxy) is 1. The second-order valence-electron chi connectivity index (χ2n) is 7.59. The molecule has 0 aliphatic carbocycles. The molecule has 2 aromatic rings. The second kappa shape index (κ2) is 10.6. The summed E-state index contributed by atoms with van der Waals surface area (Å²) in [7, 11) is 0. The Morgan fingerprint density at radius 2 is 1.72 bits per heavy atom. The molecule has 2 aromatic carbocycles. The zero-order valence-corrected chi connectivity index (χ0v) is 18.1. The van der Waals surface area contributed by atoms with Crippen LogP contribution < -0.4 is 10.1 Å². The summed E-state index contributed by atoms with van der Waals surface area (Å²) in [5.41, 5.74) is 4.26. The Balaban J connectivity index is 2.15. The van der Waals surface area contributed by atoms with Gasteiger partial charge >= 0.3 is 0 Å². The molecule has 0 radical (unpaired) electrons. The lowest BCUT2D eigenvalue weighted by atomic mass is 10.1. The van der Waals surface area contributed by atoms with E-state index in [1.54, 1.807) is 11.8 Å². The Labute approximate surface area is 174 Å². The van der Waals surface area contributed by atoms with Crippen molar-refractivity contribution in [2.24, 2.45) is 0 Å². The minimum atomic E-state index is -0.586. The maximum absolute atomic E-state index is 13.0. The van der Waals surface area contributed by atoms with Gasteiger partial charge in [0.2, 0.25) is 5.91 Å². The summed E-state index contributed by atoms with van der Waals surface area (Å²) in [6, 6.07) is 13.2. The van der Waals surface area contributed by atoms with E-state index >= 15 is 0 Å².